The number of ether oxygens (including phenoxy) is 2. The molecule has 3 amide bonds. The Morgan fingerprint density at radius 2 is 1.68 bits per heavy atom. The molecule has 31 heavy (non-hydrogen) atoms. The number of anilines is 1. The van der Waals surface area contributed by atoms with Crippen molar-refractivity contribution in [2.24, 2.45) is 16.8 Å². The van der Waals surface area contributed by atoms with Crippen LogP contribution >= 0.6 is 0 Å². The van der Waals surface area contributed by atoms with E-state index in [1.807, 2.05) is 36.4 Å². The number of nitrogens with zero attached hydrogens (tertiary/aromatic N) is 2. The van der Waals surface area contributed by atoms with E-state index in [4.69, 9.17) is 9.47 Å². The van der Waals surface area contributed by atoms with E-state index in [2.05, 4.69) is 10.3 Å². The van der Waals surface area contributed by atoms with E-state index in [1.54, 1.807) is 38.1 Å². The monoisotopic (exact) mass is 419 g/mol. The largest absolute Gasteiger partial charge is 0.445 e. The Morgan fingerprint density at radius 3 is 2.35 bits per heavy atom. The van der Waals surface area contributed by atoms with E-state index >= 15 is 0 Å². The highest BCUT2D eigenvalue weighted by Crippen LogP contribution is 2.56. The van der Waals surface area contributed by atoms with Gasteiger partial charge in [-0.15, -0.1) is 0 Å². The number of para-hydroxylation sites is 1. The molecule has 3 aliphatic heterocycles. The van der Waals surface area contributed by atoms with Crippen molar-refractivity contribution < 1.29 is 23.9 Å². The van der Waals surface area contributed by atoms with Gasteiger partial charge in [-0.2, -0.15) is 0 Å². The average Bonchev–Trinajstić information content (AvgIpc) is 3.29. The fourth-order valence-corrected chi connectivity index (χ4v) is 4.82. The van der Waals surface area contributed by atoms with E-state index in [0.717, 1.165) is 10.5 Å². The maximum absolute atomic E-state index is 13.4. The summed E-state index contributed by atoms with van der Waals surface area (Å²) in [6, 6.07) is 18.0. The predicted molar refractivity (Wildman–Crippen MR) is 111 cm³/mol. The highest BCUT2D eigenvalue weighted by atomic mass is 16.6. The summed E-state index contributed by atoms with van der Waals surface area (Å²) < 4.78 is 11.4. The van der Waals surface area contributed by atoms with Crippen molar-refractivity contribution >= 4 is 29.3 Å². The van der Waals surface area contributed by atoms with Crippen molar-refractivity contribution in [3.63, 3.8) is 0 Å². The minimum atomic E-state index is -1.52. The summed E-state index contributed by atoms with van der Waals surface area (Å²) in [5, 5.41) is 2.71. The quantitative estimate of drug-likeness (QED) is 0.769. The van der Waals surface area contributed by atoms with Crippen LogP contribution in [0.1, 0.15) is 19.4 Å². The van der Waals surface area contributed by atoms with Gasteiger partial charge in [-0.05, 0) is 31.5 Å². The van der Waals surface area contributed by atoms with Gasteiger partial charge in [-0.3, -0.25) is 19.9 Å². The first-order valence-electron chi connectivity index (χ1n) is 10.0. The lowest BCUT2D eigenvalue weighted by Gasteiger charge is -2.31. The summed E-state index contributed by atoms with van der Waals surface area (Å²) in [7, 11) is 0. The zero-order valence-electron chi connectivity index (χ0n) is 17.1. The molecular weight excluding hydrogens is 398 g/mol. The summed E-state index contributed by atoms with van der Waals surface area (Å²) in [6.45, 7) is 3.41. The molecule has 2 aromatic carbocycles. The fraction of sp³-hybridized carbons (Fsp3) is 0.304. The van der Waals surface area contributed by atoms with Gasteiger partial charge in [0.2, 0.25) is 11.8 Å². The molecule has 2 saturated heterocycles. The first-order valence-corrected chi connectivity index (χ1v) is 10.0. The van der Waals surface area contributed by atoms with Gasteiger partial charge in [0.05, 0.1) is 11.4 Å². The number of rotatable bonds is 4. The van der Waals surface area contributed by atoms with Crippen LogP contribution in [-0.4, -0.2) is 35.1 Å². The van der Waals surface area contributed by atoms with E-state index < -0.39 is 35.3 Å². The van der Waals surface area contributed by atoms with Gasteiger partial charge in [-0.1, -0.05) is 48.5 Å². The zero-order valence-corrected chi connectivity index (χ0v) is 17.1. The highest BCUT2D eigenvalue weighted by Gasteiger charge is 2.76. The minimum absolute atomic E-state index is 0.0628. The number of amides is 3. The number of imide groups is 1. The molecule has 8 nitrogen and oxygen atoms in total. The van der Waals surface area contributed by atoms with Crippen molar-refractivity contribution in [3.05, 3.63) is 66.2 Å². The number of hydrogen-bond acceptors (Lipinski definition) is 6. The second-order valence-electron chi connectivity index (χ2n) is 8.08. The first kappa shape index (κ1) is 19.4. The number of nitrogens with one attached hydrogen (secondary N) is 1. The maximum Gasteiger partial charge on any atom is 0.410 e. The molecule has 3 heterocycles. The van der Waals surface area contributed by atoms with Crippen molar-refractivity contribution in [3.8, 4) is 0 Å². The lowest BCUT2D eigenvalue weighted by molar-refractivity contribution is -0.130. The Bertz CT molecular complexity index is 1100. The van der Waals surface area contributed by atoms with Crippen molar-refractivity contribution in [2.45, 2.75) is 31.9 Å². The van der Waals surface area contributed by atoms with Crippen LogP contribution in [0.3, 0.4) is 0 Å². The molecule has 4 atom stereocenters. The second-order valence-corrected chi connectivity index (χ2v) is 8.08. The number of fused-ring (bicyclic) bond motifs is 5. The van der Waals surface area contributed by atoms with Crippen LogP contribution in [0.25, 0.3) is 0 Å². The summed E-state index contributed by atoms with van der Waals surface area (Å²) >= 11 is 0. The molecule has 3 aliphatic rings. The van der Waals surface area contributed by atoms with E-state index in [-0.39, 0.29) is 12.5 Å². The van der Waals surface area contributed by atoms with Crippen LogP contribution in [0.15, 0.2) is 65.7 Å². The van der Waals surface area contributed by atoms with Gasteiger partial charge in [0, 0.05) is 0 Å². The zero-order chi connectivity index (χ0) is 21.8. The van der Waals surface area contributed by atoms with Crippen molar-refractivity contribution in [1.82, 2.24) is 5.32 Å². The van der Waals surface area contributed by atoms with Crippen LogP contribution in [-0.2, 0) is 25.7 Å². The standard InChI is InChI=1S/C23H21N3O5/c1-14-23(25-21(29)30-13-15-9-5-3-6-10-15)18-17(22(2,24-14)31-23)19(27)26(20(18)28)16-11-7-4-8-12-16/h3-12,17-18H,13H2,1-2H3,(H,25,29)/t17-,18+,22-,23-/m0/s1. The first-order chi connectivity index (χ1) is 14.9. The molecule has 2 fully saturated rings. The summed E-state index contributed by atoms with van der Waals surface area (Å²) in [5.74, 6) is -2.57. The Morgan fingerprint density at radius 1 is 1.06 bits per heavy atom. The predicted octanol–water partition coefficient (Wildman–Crippen LogP) is 2.64. The topological polar surface area (TPSA) is 97.3 Å². The third-order valence-electron chi connectivity index (χ3n) is 6.13. The van der Waals surface area contributed by atoms with Crippen LogP contribution in [0, 0.1) is 11.8 Å². The molecule has 0 saturated carbocycles. The molecule has 158 valence electrons. The second kappa shape index (κ2) is 6.75. The lowest BCUT2D eigenvalue weighted by Crippen LogP contribution is -2.59. The van der Waals surface area contributed by atoms with Gasteiger partial charge in [-0.25, -0.2) is 9.69 Å². The molecule has 1 N–H and O–H groups in total. The normalized spacial score (nSPS) is 30.9. The SMILES string of the molecule is CC1=N[C@@]2(C)O[C@]1(NC(=O)OCc1ccccc1)[C@H]1C(=O)N(c3ccccc3)C(=O)[C@H]12. The van der Waals surface area contributed by atoms with Crippen LogP contribution in [0.2, 0.25) is 0 Å². The number of carbonyl (C=O) groups excluding carboxylic acids is 3. The Hall–Kier alpha value is -3.52. The van der Waals surface area contributed by atoms with Crippen LogP contribution in [0.5, 0.6) is 0 Å². The Kier molecular flexibility index (Phi) is 4.23. The molecule has 0 unspecified atom stereocenters. The van der Waals surface area contributed by atoms with E-state index in [1.165, 1.54) is 0 Å². The Balaban J connectivity index is 1.43. The van der Waals surface area contributed by atoms with Crippen molar-refractivity contribution in [2.75, 3.05) is 4.90 Å². The van der Waals surface area contributed by atoms with Crippen molar-refractivity contribution in [1.29, 1.82) is 0 Å². The summed E-state index contributed by atoms with van der Waals surface area (Å²) in [5.41, 5.74) is -1.02. The number of aliphatic imine (C=N–C) groups is 1. The van der Waals surface area contributed by atoms with Gasteiger partial charge in [0.25, 0.3) is 0 Å². The third-order valence-corrected chi connectivity index (χ3v) is 6.13. The number of carbonyl (C=O) groups is 3. The minimum Gasteiger partial charge on any atom is -0.445 e. The van der Waals surface area contributed by atoms with E-state index in [0.29, 0.717) is 11.4 Å². The van der Waals surface area contributed by atoms with Gasteiger partial charge in [0.15, 0.2) is 11.4 Å². The molecular formula is C23H21N3O5. The number of benzene rings is 2. The molecule has 8 heteroatoms. The molecule has 0 aliphatic carbocycles. The molecule has 0 aromatic heterocycles. The smallest absolute Gasteiger partial charge is 0.410 e. The van der Waals surface area contributed by atoms with Gasteiger partial charge < -0.3 is 9.47 Å². The number of hydrogen-bond donors (Lipinski definition) is 1. The molecule has 2 bridgehead atoms. The molecule has 0 radical (unpaired) electrons. The third kappa shape index (κ3) is 2.79. The van der Waals surface area contributed by atoms with Gasteiger partial charge in [0.1, 0.15) is 18.4 Å². The van der Waals surface area contributed by atoms with Gasteiger partial charge >= 0.3 is 6.09 Å². The fourth-order valence-electron chi connectivity index (χ4n) is 4.82. The van der Waals surface area contributed by atoms with Crippen LogP contribution < -0.4 is 10.2 Å². The summed E-state index contributed by atoms with van der Waals surface area (Å²) in [4.78, 5) is 45.0. The molecule has 2 aromatic rings. The van der Waals surface area contributed by atoms with Crippen LogP contribution in [0.4, 0.5) is 10.5 Å². The molecule has 5 rings (SSSR count). The number of alkyl carbamates (subject to hydrolysis) is 1. The highest BCUT2D eigenvalue weighted by molar-refractivity contribution is 6.25. The summed E-state index contributed by atoms with van der Waals surface area (Å²) in [6.07, 6.45) is -0.748. The average molecular weight is 419 g/mol. The van der Waals surface area contributed by atoms with E-state index in [9.17, 15) is 14.4 Å². The molecule has 0 spiro atoms. The maximum atomic E-state index is 13.4. The lowest BCUT2D eigenvalue weighted by atomic mass is 9.79. The Labute approximate surface area is 178 Å².